The van der Waals surface area contributed by atoms with Gasteiger partial charge in [-0.3, -0.25) is 10.2 Å². The highest BCUT2D eigenvalue weighted by Crippen LogP contribution is 1.99. The zero-order valence-corrected chi connectivity index (χ0v) is 10.3. The van der Waals surface area contributed by atoms with E-state index in [0.29, 0.717) is 12.4 Å². The van der Waals surface area contributed by atoms with Gasteiger partial charge in [0.15, 0.2) is 0 Å². The lowest BCUT2D eigenvalue weighted by Crippen LogP contribution is -2.47. The Labute approximate surface area is 104 Å². The number of hydrogen-bond donors (Lipinski definition) is 3. The first-order valence-corrected chi connectivity index (χ1v) is 5.66. The van der Waals surface area contributed by atoms with Gasteiger partial charge in [-0.2, -0.15) is 0 Å². The molecule has 0 bridgehead atoms. The van der Waals surface area contributed by atoms with Crippen molar-refractivity contribution in [2.45, 2.75) is 6.42 Å². The highest BCUT2D eigenvalue weighted by atomic mass is 35.5. The molecular formula is C10H15ClN4O2. The summed E-state index contributed by atoms with van der Waals surface area (Å²) in [6, 6.07) is 3.21. The number of aryl methyl sites for hydroxylation is 1. The number of aromatic nitrogens is 1. The lowest BCUT2D eigenvalue weighted by Gasteiger charge is -2.08. The molecule has 7 heteroatoms. The molecule has 0 spiro atoms. The van der Waals surface area contributed by atoms with E-state index in [4.69, 9.17) is 11.6 Å². The standard InChI is InChI=1S/C10H15ClN4O2/c1-15-6-2-3-8(15)7-9(16)13-14-10(17)12-5-4-11/h2-3,6H,4-5,7H2,1H3,(H,13,16)(H2,12,14,17). The maximum atomic E-state index is 11.4. The zero-order chi connectivity index (χ0) is 12.7. The average Bonchev–Trinajstić information content (AvgIpc) is 2.69. The first kappa shape index (κ1) is 13.4. The third kappa shape index (κ3) is 4.78. The van der Waals surface area contributed by atoms with Gasteiger partial charge in [0, 0.05) is 31.4 Å². The number of amides is 3. The van der Waals surface area contributed by atoms with Crippen molar-refractivity contribution in [1.29, 1.82) is 0 Å². The molecule has 0 aliphatic rings. The Morgan fingerprint density at radius 3 is 2.76 bits per heavy atom. The molecule has 0 radical (unpaired) electrons. The summed E-state index contributed by atoms with van der Waals surface area (Å²) in [6.07, 6.45) is 2.06. The number of carbonyl (C=O) groups is 2. The molecular weight excluding hydrogens is 244 g/mol. The third-order valence-corrected chi connectivity index (χ3v) is 2.28. The molecule has 1 rings (SSSR count). The highest BCUT2D eigenvalue weighted by Gasteiger charge is 2.06. The minimum Gasteiger partial charge on any atom is -0.354 e. The lowest BCUT2D eigenvalue weighted by atomic mass is 10.3. The van der Waals surface area contributed by atoms with Crippen molar-refractivity contribution >= 4 is 23.5 Å². The second-order valence-corrected chi connectivity index (χ2v) is 3.78. The lowest BCUT2D eigenvalue weighted by molar-refractivity contribution is -0.121. The normalized spacial score (nSPS) is 9.76. The summed E-state index contributed by atoms with van der Waals surface area (Å²) in [7, 11) is 1.85. The summed E-state index contributed by atoms with van der Waals surface area (Å²) >= 11 is 5.39. The van der Waals surface area contributed by atoms with Crippen LogP contribution in [0.4, 0.5) is 4.79 Å². The Morgan fingerprint density at radius 1 is 1.41 bits per heavy atom. The molecule has 1 aromatic heterocycles. The van der Waals surface area contributed by atoms with Crippen molar-refractivity contribution in [1.82, 2.24) is 20.7 Å². The molecule has 0 fully saturated rings. The van der Waals surface area contributed by atoms with E-state index in [2.05, 4.69) is 16.2 Å². The largest absolute Gasteiger partial charge is 0.354 e. The van der Waals surface area contributed by atoms with E-state index in [9.17, 15) is 9.59 Å². The number of hydrogen-bond acceptors (Lipinski definition) is 2. The fourth-order valence-corrected chi connectivity index (χ4v) is 1.31. The van der Waals surface area contributed by atoms with Crippen LogP contribution in [0.3, 0.4) is 0 Å². The summed E-state index contributed by atoms with van der Waals surface area (Å²) in [5.41, 5.74) is 5.40. The molecule has 3 N–H and O–H groups in total. The summed E-state index contributed by atoms with van der Waals surface area (Å²) < 4.78 is 1.84. The molecule has 0 saturated carbocycles. The fraction of sp³-hybridized carbons (Fsp3) is 0.400. The van der Waals surface area contributed by atoms with Crippen LogP contribution in [0, 0.1) is 0 Å². The molecule has 3 amide bonds. The van der Waals surface area contributed by atoms with E-state index in [1.807, 2.05) is 29.9 Å². The Morgan fingerprint density at radius 2 is 2.18 bits per heavy atom. The van der Waals surface area contributed by atoms with E-state index < -0.39 is 6.03 Å². The van der Waals surface area contributed by atoms with Gasteiger partial charge in [0.05, 0.1) is 6.42 Å². The number of rotatable bonds is 4. The monoisotopic (exact) mass is 258 g/mol. The molecule has 0 aromatic carbocycles. The number of hydrazine groups is 1. The molecule has 0 atom stereocenters. The minimum absolute atomic E-state index is 0.208. The van der Waals surface area contributed by atoms with E-state index in [-0.39, 0.29) is 12.3 Å². The predicted octanol–water partition coefficient (Wildman–Crippen LogP) is 0.137. The Hall–Kier alpha value is -1.69. The zero-order valence-electron chi connectivity index (χ0n) is 9.50. The SMILES string of the molecule is Cn1cccc1CC(=O)NNC(=O)NCCCl. The number of nitrogens with zero attached hydrogens (tertiary/aromatic N) is 1. The third-order valence-electron chi connectivity index (χ3n) is 2.09. The van der Waals surface area contributed by atoms with Gasteiger partial charge < -0.3 is 9.88 Å². The first-order chi connectivity index (χ1) is 8.13. The van der Waals surface area contributed by atoms with Crippen LogP contribution in [-0.2, 0) is 18.3 Å². The van der Waals surface area contributed by atoms with Crippen molar-refractivity contribution in [3.05, 3.63) is 24.0 Å². The van der Waals surface area contributed by atoms with Crippen molar-refractivity contribution in [2.75, 3.05) is 12.4 Å². The number of alkyl halides is 1. The van der Waals surface area contributed by atoms with Gasteiger partial charge in [-0.1, -0.05) is 0 Å². The molecule has 0 unspecified atom stereocenters. The molecule has 94 valence electrons. The van der Waals surface area contributed by atoms with Gasteiger partial charge in [-0.15, -0.1) is 11.6 Å². The summed E-state index contributed by atoms with van der Waals surface area (Å²) in [5, 5.41) is 2.46. The smallest absolute Gasteiger partial charge is 0.333 e. The second-order valence-electron chi connectivity index (χ2n) is 3.41. The maximum absolute atomic E-state index is 11.4. The maximum Gasteiger partial charge on any atom is 0.333 e. The van der Waals surface area contributed by atoms with Crippen LogP contribution in [0.1, 0.15) is 5.69 Å². The number of urea groups is 1. The van der Waals surface area contributed by atoms with Crippen LogP contribution >= 0.6 is 11.6 Å². The molecule has 0 aliphatic carbocycles. The number of carbonyl (C=O) groups excluding carboxylic acids is 2. The summed E-state index contributed by atoms with van der Waals surface area (Å²) in [5.74, 6) is 0.0397. The molecule has 6 nitrogen and oxygen atoms in total. The van der Waals surface area contributed by atoms with Crippen LogP contribution in [-0.4, -0.2) is 28.9 Å². The van der Waals surface area contributed by atoms with Gasteiger partial charge >= 0.3 is 6.03 Å². The molecule has 0 aliphatic heterocycles. The van der Waals surface area contributed by atoms with E-state index >= 15 is 0 Å². The Bertz CT molecular complexity index is 391. The quantitative estimate of drug-likeness (QED) is 0.531. The predicted molar refractivity (Wildman–Crippen MR) is 64.5 cm³/mol. The average molecular weight is 259 g/mol. The van der Waals surface area contributed by atoms with E-state index in [0.717, 1.165) is 5.69 Å². The Balaban J connectivity index is 2.26. The molecule has 17 heavy (non-hydrogen) atoms. The summed E-state index contributed by atoms with van der Waals surface area (Å²) in [6.45, 7) is 0.348. The van der Waals surface area contributed by atoms with Crippen LogP contribution in [0.25, 0.3) is 0 Å². The van der Waals surface area contributed by atoms with E-state index in [1.54, 1.807) is 0 Å². The minimum atomic E-state index is -0.481. The van der Waals surface area contributed by atoms with Crippen molar-refractivity contribution < 1.29 is 9.59 Å². The van der Waals surface area contributed by atoms with Gasteiger partial charge in [0.1, 0.15) is 0 Å². The van der Waals surface area contributed by atoms with Gasteiger partial charge in [0.25, 0.3) is 0 Å². The number of nitrogens with one attached hydrogen (secondary N) is 3. The summed E-state index contributed by atoms with van der Waals surface area (Å²) in [4.78, 5) is 22.5. The van der Waals surface area contributed by atoms with Crippen LogP contribution in [0.2, 0.25) is 0 Å². The first-order valence-electron chi connectivity index (χ1n) is 5.12. The molecule has 1 aromatic rings. The second kappa shape index (κ2) is 6.80. The van der Waals surface area contributed by atoms with Gasteiger partial charge in [0.2, 0.25) is 5.91 Å². The van der Waals surface area contributed by atoms with Gasteiger partial charge in [-0.05, 0) is 12.1 Å². The molecule has 1 heterocycles. The fourth-order valence-electron chi connectivity index (χ4n) is 1.22. The van der Waals surface area contributed by atoms with Gasteiger partial charge in [-0.25, -0.2) is 10.2 Å². The van der Waals surface area contributed by atoms with Crippen LogP contribution in [0.15, 0.2) is 18.3 Å². The number of halogens is 1. The van der Waals surface area contributed by atoms with Crippen molar-refractivity contribution in [3.8, 4) is 0 Å². The van der Waals surface area contributed by atoms with E-state index in [1.165, 1.54) is 0 Å². The molecule has 0 saturated heterocycles. The topological polar surface area (TPSA) is 75.2 Å². The van der Waals surface area contributed by atoms with Crippen LogP contribution in [0.5, 0.6) is 0 Å². The highest BCUT2D eigenvalue weighted by molar-refractivity contribution is 6.18. The van der Waals surface area contributed by atoms with Crippen LogP contribution < -0.4 is 16.2 Å². The van der Waals surface area contributed by atoms with Crippen molar-refractivity contribution in [3.63, 3.8) is 0 Å². The van der Waals surface area contributed by atoms with Crippen molar-refractivity contribution in [2.24, 2.45) is 7.05 Å². The Kier molecular flexibility index (Phi) is 5.35.